The van der Waals surface area contributed by atoms with Gasteiger partial charge in [-0.25, -0.2) is 0 Å². The van der Waals surface area contributed by atoms with Gasteiger partial charge in [-0.15, -0.1) is 0 Å². The molecule has 27 heavy (non-hydrogen) atoms. The smallest absolute Gasteiger partial charge is 0.311 e. The quantitative estimate of drug-likeness (QED) is 0.389. The van der Waals surface area contributed by atoms with Gasteiger partial charge in [0.2, 0.25) is 0 Å². The first-order chi connectivity index (χ1) is 13.2. The monoisotopic (exact) mass is 371 g/mol. The highest BCUT2D eigenvalue weighted by atomic mass is 16.5. The number of unbranched alkanes of at least 4 members (excludes halogenated alkanes) is 9. The molecular weight excluding hydrogens is 338 g/mol. The molecule has 2 aromatic rings. The Hall–Kier alpha value is -2.10. The maximum Gasteiger partial charge on any atom is 0.311 e. The van der Waals surface area contributed by atoms with Crippen molar-refractivity contribution in [2.24, 2.45) is 0 Å². The summed E-state index contributed by atoms with van der Waals surface area (Å²) in [5, 5.41) is 12.8. The Morgan fingerprint density at radius 2 is 1.63 bits per heavy atom. The van der Waals surface area contributed by atoms with Crippen molar-refractivity contribution in [3.63, 3.8) is 0 Å². The molecule has 0 fully saturated rings. The molecule has 1 aromatic carbocycles. The van der Waals surface area contributed by atoms with Crippen molar-refractivity contribution in [1.82, 2.24) is 5.16 Å². The van der Waals surface area contributed by atoms with Crippen LogP contribution in [0.15, 0.2) is 34.9 Å². The maximum absolute atomic E-state index is 10.8. The van der Waals surface area contributed by atoms with E-state index in [2.05, 4.69) is 24.2 Å². The van der Waals surface area contributed by atoms with Crippen LogP contribution in [0.25, 0.3) is 11.3 Å². The van der Waals surface area contributed by atoms with Gasteiger partial charge >= 0.3 is 5.97 Å². The molecule has 0 saturated carbocycles. The van der Waals surface area contributed by atoms with Crippen molar-refractivity contribution < 1.29 is 14.4 Å². The number of aromatic nitrogens is 1. The normalized spacial score (nSPS) is 11.0. The highest BCUT2D eigenvalue weighted by molar-refractivity contribution is 5.70. The lowest BCUT2D eigenvalue weighted by Gasteiger charge is -2.04. The average molecular weight is 372 g/mol. The number of carboxylic acid groups (broad SMARTS) is 1. The summed E-state index contributed by atoms with van der Waals surface area (Å²) in [6.07, 6.45) is 14.4. The molecule has 0 bridgehead atoms. The first-order valence-corrected chi connectivity index (χ1v) is 10.5. The van der Waals surface area contributed by atoms with Crippen molar-refractivity contribution in [3.05, 3.63) is 41.7 Å². The number of aliphatic carboxylic acids is 1. The van der Waals surface area contributed by atoms with E-state index >= 15 is 0 Å². The van der Waals surface area contributed by atoms with E-state index in [1.807, 2.05) is 12.1 Å². The van der Waals surface area contributed by atoms with E-state index < -0.39 is 5.97 Å². The zero-order chi connectivity index (χ0) is 19.3. The van der Waals surface area contributed by atoms with Gasteiger partial charge < -0.3 is 9.63 Å². The van der Waals surface area contributed by atoms with Crippen LogP contribution < -0.4 is 0 Å². The van der Waals surface area contributed by atoms with Crippen LogP contribution in [0.1, 0.15) is 82.5 Å². The molecule has 4 nitrogen and oxygen atoms in total. The van der Waals surface area contributed by atoms with Gasteiger partial charge in [-0.2, -0.15) is 0 Å². The van der Waals surface area contributed by atoms with Crippen molar-refractivity contribution in [3.8, 4) is 11.3 Å². The summed E-state index contributed by atoms with van der Waals surface area (Å²) >= 11 is 0. The molecule has 4 heteroatoms. The van der Waals surface area contributed by atoms with E-state index in [0.29, 0.717) is 11.5 Å². The minimum absolute atomic E-state index is 0.134. The van der Waals surface area contributed by atoms with Crippen LogP contribution in [0.5, 0.6) is 0 Å². The summed E-state index contributed by atoms with van der Waals surface area (Å²) in [5.74, 6) is -0.523. The van der Waals surface area contributed by atoms with Crippen molar-refractivity contribution in [2.75, 3.05) is 0 Å². The van der Waals surface area contributed by atoms with Gasteiger partial charge in [0, 0.05) is 11.6 Å². The second-order valence-corrected chi connectivity index (χ2v) is 7.38. The second kappa shape index (κ2) is 12.3. The molecule has 148 valence electrons. The Morgan fingerprint density at radius 1 is 0.963 bits per heavy atom. The van der Waals surface area contributed by atoms with E-state index in [4.69, 9.17) is 9.63 Å². The van der Waals surface area contributed by atoms with Crippen molar-refractivity contribution in [1.29, 1.82) is 0 Å². The van der Waals surface area contributed by atoms with Crippen LogP contribution in [0.3, 0.4) is 0 Å². The molecule has 0 aliphatic carbocycles. The molecule has 0 spiro atoms. The Bertz CT molecular complexity index is 678. The first kappa shape index (κ1) is 21.2. The highest BCUT2D eigenvalue weighted by Gasteiger charge is 2.10. The molecule has 0 aliphatic heterocycles. The van der Waals surface area contributed by atoms with Gasteiger partial charge in [0.25, 0.3) is 0 Å². The zero-order valence-electron chi connectivity index (χ0n) is 16.6. The largest absolute Gasteiger partial charge is 0.481 e. The molecule has 0 aliphatic rings. The van der Waals surface area contributed by atoms with Gasteiger partial charge in [0.1, 0.15) is 17.9 Å². The van der Waals surface area contributed by atoms with Gasteiger partial charge in [-0.1, -0.05) is 88.1 Å². The fourth-order valence-corrected chi connectivity index (χ4v) is 3.38. The summed E-state index contributed by atoms with van der Waals surface area (Å²) < 4.78 is 5.11. The topological polar surface area (TPSA) is 63.3 Å². The SMILES string of the molecule is CCCCCCCCCCCCc1cccc(-c2cc(CC(=O)O)on2)c1. The Labute approximate surface area is 163 Å². The maximum atomic E-state index is 10.8. The molecule has 0 radical (unpaired) electrons. The molecule has 0 unspecified atom stereocenters. The van der Waals surface area contributed by atoms with Crippen LogP contribution in [0.2, 0.25) is 0 Å². The van der Waals surface area contributed by atoms with Gasteiger partial charge in [0.15, 0.2) is 0 Å². The van der Waals surface area contributed by atoms with Gasteiger partial charge in [-0.05, 0) is 24.5 Å². The van der Waals surface area contributed by atoms with E-state index in [0.717, 1.165) is 12.0 Å². The van der Waals surface area contributed by atoms with E-state index in [9.17, 15) is 4.79 Å². The minimum Gasteiger partial charge on any atom is -0.481 e. The van der Waals surface area contributed by atoms with E-state index in [-0.39, 0.29) is 6.42 Å². The summed E-state index contributed by atoms with van der Waals surface area (Å²) in [7, 11) is 0. The third kappa shape index (κ3) is 8.42. The fourth-order valence-electron chi connectivity index (χ4n) is 3.38. The molecule has 1 aromatic heterocycles. The first-order valence-electron chi connectivity index (χ1n) is 10.5. The molecule has 1 heterocycles. The number of carbonyl (C=O) groups is 1. The van der Waals surface area contributed by atoms with Crippen LogP contribution >= 0.6 is 0 Å². The molecule has 1 N–H and O–H groups in total. The highest BCUT2D eigenvalue weighted by Crippen LogP contribution is 2.22. The predicted octanol–water partition coefficient (Wildman–Crippen LogP) is 6.43. The number of aryl methyl sites for hydroxylation is 1. The number of carboxylic acids is 1. The number of benzene rings is 1. The molecule has 0 amide bonds. The Morgan fingerprint density at radius 3 is 2.30 bits per heavy atom. The average Bonchev–Trinajstić information content (AvgIpc) is 3.11. The van der Waals surface area contributed by atoms with E-state index in [1.165, 1.54) is 69.8 Å². The number of hydrogen-bond acceptors (Lipinski definition) is 3. The fraction of sp³-hybridized carbons (Fsp3) is 0.565. The van der Waals surface area contributed by atoms with Crippen molar-refractivity contribution >= 4 is 5.97 Å². The number of hydrogen-bond donors (Lipinski definition) is 1. The van der Waals surface area contributed by atoms with E-state index in [1.54, 1.807) is 6.07 Å². The standard InChI is InChI=1S/C23H33NO3/c1-2-3-4-5-6-7-8-9-10-11-13-19-14-12-15-20(16-19)22-17-21(27-24-22)18-23(25)26/h12,14-17H,2-11,13,18H2,1H3,(H,25,26). The summed E-state index contributed by atoms with van der Waals surface area (Å²) in [6.45, 7) is 2.26. The number of nitrogens with zero attached hydrogens (tertiary/aromatic N) is 1. The molecule has 2 rings (SSSR count). The Kier molecular flexibility index (Phi) is 9.67. The lowest BCUT2D eigenvalue weighted by Crippen LogP contribution is -1.97. The molecular formula is C23H33NO3. The van der Waals surface area contributed by atoms with Crippen molar-refractivity contribution in [2.45, 2.75) is 84.0 Å². The zero-order valence-corrected chi connectivity index (χ0v) is 16.6. The molecule has 0 saturated heterocycles. The summed E-state index contributed by atoms with van der Waals surface area (Å²) in [6, 6.07) is 10.0. The second-order valence-electron chi connectivity index (χ2n) is 7.38. The minimum atomic E-state index is -0.910. The third-order valence-corrected chi connectivity index (χ3v) is 4.93. The lowest BCUT2D eigenvalue weighted by atomic mass is 10.0. The van der Waals surface area contributed by atoms with Gasteiger partial charge in [0.05, 0.1) is 0 Å². The summed E-state index contributed by atoms with van der Waals surface area (Å²) in [4.78, 5) is 10.8. The summed E-state index contributed by atoms with van der Waals surface area (Å²) in [5.41, 5.74) is 2.99. The number of rotatable bonds is 14. The predicted molar refractivity (Wildman–Crippen MR) is 109 cm³/mol. The third-order valence-electron chi connectivity index (χ3n) is 4.93. The molecule has 0 atom stereocenters. The van der Waals surface area contributed by atoms with Crippen LogP contribution in [0, 0.1) is 0 Å². The van der Waals surface area contributed by atoms with Crippen LogP contribution in [-0.4, -0.2) is 16.2 Å². The lowest BCUT2D eigenvalue weighted by molar-refractivity contribution is -0.136. The van der Waals surface area contributed by atoms with Crippen LogP contribution in [0.4, 0.5) is 0 Å². The van der Waals surface area contributed by atoms with Gasteiger partial charge in [-0.3, -0.25) is 4.79 Å². The Balaban J connectivity index is 1.67. The van der Waals surface area contributed by atoms with Crippen LogP contribution in [-0.2, 0) is 17.6 Å².